The summed E-state index contributed by atoms with van der Waals surface area (Å²) >= 11 is 0. The van der Waals surface area contributed by atoms with Crippen LogP contribution in [-0.2, 0) is 4.74 Å². The Morgan fingerprint density at radius 3 is 2.05 bits per heavy atom. The van der Waals surface area contributed by atoms with Gasteiger partial charge in [-0.3, -0.25) is 0 Å². The van der Waals surface area contributed by atoms with Crippen LogP contribution in [0.1, 0.15) is 29.1 Å². The standard InChI is InChI=1S/C16H14O4.Na.H/c1-2-19-15(17)13-8-10-14(11-9-13)20-16(18)12-6-4-3-5-7-12;;/h3-11H,2H2,1H3;;/q;+1;-1. The Bertz CT molecular complexity index is 599. The molecule has 0 amide bonds. The Morgan fingerprint density at radius 1 is 0.905 bits per heavy atom. The summed E-state index contributed by atoms with van der Waals surface area (Å²) in [5, 5.41) is 0. The van der Waals surface area contributed by atoms with Crippen LogP contribution in [-0.4, -0.2) is 18.5 Å². The number of esters is 2. The van der Waals surface area contributed by atoms with Crippen molar-refractivity contribution in [2.75, 3.05) is 6.61 Å². The first-order valence-corrected chi connectivity index (χ1v) is 6.25. The molecule has 2 aromatic rings. The maximum absolute atomic E-state index is 11.8. The third-order valence-electron chi connectivity index (χ3n) is 2.59. The zero-order chi connectivity index (χ0) is 14.4. The Labute approximate surface area is 146 Å². The van der Waals surface area contributed by atoms with Gasteiger partial charge in [-0.25, -0.2) is 9.59 Å². The minimum absolute atomic E-state index is 0. The van der Waals surface area contributed by atoms with Crippen LogP contribution in [0.4, 0.5) is 0 Å². The molecule has 0 N–H and O–H groups in total. The van der Waals surface area contributed by atoms with E-state index < -0.39 is 11.9 Å². The van der Waals surface area contributed by atoms with Gasteiger partial charge >= 0.3 is 41.5 Å². The fourth-order valence-electron chi connectivity index (χ4n) is 1.61. The molecule has 0 aliphatic carbocycles. The molecule has 0 heterocycles. The van der Waals surface area contributed by atoms with E-state index >= 15 is 0 Å². The van der Waals surface area contributed by atoms with Crippen LogP contribution in [0.5, 0.6) is 5.75 Å². The molecule has 5 heteroatoms. The molecule has 0 spiro atoms. The molecule has 0 saturated carbocycles. The molecule has 4 nitrogen and oxygen atoms in total. The molecule has 0 aromatic heterocycles. The van der Waals surface area contributed by atoms with E-state index in [0.29, 0.717) is 23.5 Å². The van der Waals surface area contributed by atoms with Gasteiger partial charge in [-0.15, -0.1) is 0 Å². The van der Waals surface area contributed by atoms with Crippen molar-refractivity contribution in [2.24, 2.45) is 0 Å². The molecular weight excluding hydrogens is 279 g/mol. The van der Waals surface area contributed by atoms with Crippen LogP contribution >= 0.6 is 0 Å². The number of rotatable bonds is 4. The van der Waals surface area contributed by atoms with Crippen molar-refractivity contribution in [3.8, 4) is 5.75 Å². The quantitative estimate of drug-likeness (QED) is 0.459. The molecule has 2 rings (SSSR count). The van der Waals surface area contributed by atoms with E-state index in [4.69, 9.17) is 9.47 Å². The monoisotopic (exact) mass is 294 g/mol. The molecule has 0 aliphatic heterocycles. The number of carbonyl (C=O) groups is 2. The number of carbonyl (C=O) groups excluding carboxylic acids is 2. The topological polar surface area (TPSA) is 52.6 Å². The smallest absolute Gasteiger partial charge is 1.00 e. The summed E-state index contributed by atoms with van der Waals surface area (Å²) in [6.07, 6.45) is 0. The SMILES string of the molecule is CCOC(=O)c1ccc(OC(=O)c2ccccc2)cc1.[H-].[Na+]. The number of ether oxygens (including phenoxy) is 2. The molecule has 0 radical (unpaired) electrons. The van der Waals surface area contributed by atoms with Crippen LogP contribution in [0.15, 0.2) is 54.6 Å². The summed E-state index contributed by atoms with van der Waals surface area (Å²) < 4.78 is 10.1. The molecule has 0 atom stereocenters. The van der Waals surface area contributed by atoms with Gasteiger partial charge in [-0.1, -0.05) is 18.2 Å². The van der Waals surface area contributed by atoms with Crippen LogP contribution in [0.3, 0.4) is 0 Å². The summed E-state index contributed by atoms with van der Waals surface area (Å²) in [5.41, 5.74) is 0.897. The van der Waals surface area contributed by atoms with Gasteiger partial charge in [0.1, 0.15) is 5.75 Å². The minimum atomic E-state index is -0.436. The number of benzene rings is 2. The summed E-state index contributed by atoms with van der Waals surface area (Å²) in [6, 6.07) is 15.0. The average molecular weight is 294 g/mol. The van der Waals surface area contributed by atoms with Crippen molar-refractivity contribution in [3.05, 3.63) is 65.7 Å². The van der Waals surface area contributed by atoms with Crippen LogP contribution in [0, 0.1) is 0 Å². The molecule has 21 heavy (non-hydrogen) atoms. The summed E-state index contributed by atoms with van der Waals surface area (Å²) in [6.45, 7) is 2.07. The van der Waals surface area contributed by atoms with E-state index in [-0.39, 0.29) is 31.0 Å². The molecule has 0 bridgehead atoms. The zero-order valence-corrected chi connectivity index (χ0v) is 14.0. The predicted octanol–water partition coefficient (Wildman–Crippen LogP) is 0.199. The second-order valence-corrected chi connectivity index (χ2v) is 4.00. The van der Waals surface area contributed by atoms with Gasteiger partial charge < -0.3 is 10.9 Å². The molecular formula is C16H15NaO4. The first-order chi connectivity index (χ1) is 9.70. The van der Waals surface area contributed by atoms with Gasteiger partial charge in [-0.05, 0) is 43.3 Å². The zero-order valence-electron chi connectivity index (χ0n) is 13.0. The molecule has 0 saturated heterocycles. The molecule has 0 aliphatic rings. The van der Waals surface area contributed by atoms with E-state index in [1.54, 1.807) is 55.5 Å². The minimum Gasteiger partial charge on any atom is -1.00 e. The Kier molecular flexibility index (Phi) is 7.15. The van der Waals surface area contributed by atoms with Gasteiger partial charge in [0, 0.05) is 0 Å². The normalized spacial score (nSPS) is 9.38. The van der Waals surface area contributed by atoms with E-state index in [0.717, 1.165) is 0 Å². The van der Waals surface area contributed by atoms with E-state index in [9.17, 15) is 9.59 Å². The van der Waals surface area contributed by atoms with Crippen molar-refractivity contribution < 1.29 is 50.0 Å². The van der Waals surface area contributed by atoms with Crippen molar-refractivity contribution in [3.63, 3.8) is 0 Å². The second kappa shape index (κ2) is 8.62. The van der Waals surface area contributed by atoms with Crippen molar-refractivity contribution in [1.29, 1.82) is 0 Å². The van der Waals surface area contributed by atoms with E-state index in [2.05, 4.69) is 0 Å². The molecule has 104 valence electrons. The van der Waals surface area contributed by atoms with E-state index in [1.165, 1.54) is 0 Å². The van der Waals surface area contributed by atoms with Gasteiger partial charge in [0.15, 0.2) is 0 Å². The van der Waals surface area contributed by atoms with Crippen molar-refractivity contribution in [1.82, 2.24) is 0 Å². The number of hydrogen-bond donors (Lipinski definition) is 0. The van der Waals surface area contributed by atoms with Gasteiger partial charge in [0.05, 0.1) is 17.7 Å². The third-order valence-corrected chi connectivity index (χ3v) is 2.59. The summed E-state index contributed by atoms with van der Waals surface area (Å²) in [7, 11) is 0. The van der Waals surface area contributed by atoms with Crippen LogP contribution in [0.2, 0.25) is 0 Å². The van der Waals surface area contributed by atoms with Crippen molar-refractivity contribution >= 4 is 11.9 Å². The average Bonchev–Trinajstić information content (AvgIpc) is 2.49. The first kappa shape index (κ1) is 17.4. The second-order valence-electron chi connectivity index (χ2n) is 4.00. The largest absolute Gasteiger partial charge is 1.00 e. The predicted molar refractivity (Wildman–Crippen MR) is 74.9 cm³/mol. The maximum Gasteiger partial charge on any atom is 1.00 e. The summed E-state index contributed by atoms with van der Waals surface area (Å²) in [5.74, 6) is -0.449. The first-order valence-electron chi connectivity index (χ1n) is 6.25. The van der Waals surface area contributed by atoms with Gasteiger partial charge in [-0.2, -0.15) is 0 Å². The number of hydrogen-bond acceptors (Lipinski definition) is 4. The van der Waals surface area contributed by atoms with Gasteiger partial charge in [0.2, 0.25) is 0 Å². The fraction of sp³-hybridized carbons (Fsp3) is 0.125. The Balaban J connectivity index is 0.00000220. The third kappa shape index (κ3) is 5.01. The van der Waals surface area contributed by atoms with Crippen LogP contribution < -0.4 is 34.3 Å². The Hall–Kier alpha value is -1.62. The van der Waals surface area contributed by atoms with E-state index in [1.807, 2.05) is 6.07 Å². The van der Waals surface area contributed by atoms with Crippen molar-refractivity contribution in [2.45, 2.75) is 6.92 Å². The van der Waals surface area contributed by atoms with Gasteiger partial charge in [0.25, 0.3) is 0 Å². The van der Waals surface area contributed by atoms with Crippen LogP contribution in [0.25, 0.3) is 0 Å². The Morgan fingerprint density at radius 2 is 1.48 bits per heavy atom. The maximum atomic E-state index is 11.8. The molecule has 0 unspecified atom stereocenters. The molecule has 2 aromatic carbocycles. The summed E-state index contributed by atoms with van der Waals surface area (Å²) in [4.78, 5) is 23.3. The fourth-order valence-corrected chi connectivity index (χ4v) is 1.61. The molecule has 0 fully saturated rings.